The highest BCUT2D eigenvalue weighted by Crippen LogP contribution is 2.27. The lowest BCUT2D eigenvalue weighted by atomic mass is 10.0. The molecule has 2 amide bonds. The molecular weight excluding hydrogens is 388 g/mol. The molecule has 0 aromatic heterocycles. The van der Waals surface area contributed by atoms with Gasteiger partial charge in [-0.2, -0.15) is 0 Å². The monoisotopic (exact) mass is 422 g/mol. The standard InChI is InChI=1S/C25H34N4O2/c1-19-10-5-6-11-21(19)25(31)27-20-12-13-23(29-16-7-4-8-17-29)22(18-20)24(30)26-14-9-15-28(2)3/h5-6,10-13,18H,4,7-9,14-17H2,1-3H3,(H,26,30)(H,27,31). The molecule has 0 radical (unpaired) electrons. The summed E-state index contributed by atoms with van der Waals surface area (Å²) in [6, 6.07) is 13.2. The molecule has 0 spiro atoms. The fourth-order valence-electron chi connectivity index (χ4n) is 3.92. The normalized spacial score (nSPS) is 13.9. The van der Waals surface area contributed by atoms with Crippen molar-refractivity contribution >= 4 is 23.2 Å². The molecule has 0 bridgehead atoms. The van der Waals surface area contributed by atoms with E-state index in [2.05, 4.69) is 20.4 Å². The lowest BCUT2D eigenvalue weighted by Crippen LogP contribution is -2.33. The molecule has 31 heavy (non-hydrogen) atoms. The Morgan fingerprint density at radius 2 is 1.71 bits per heavy atom. The summed E-state index contributed by atoms with van der Waals surface area (Å²) < 4.78 is 0. The average Bonchev–Trinajstić information content (AvgIpc) is 2.77. The zero-order valence-electron chi connectivity index (χ0n) is 18.9. The topological polar surface area (TPSA) is 64.7 Å². The van der Waals surface area contributed by atoms with Gasteiger partial charge in [-0.1, -0.05) is 18.2 Å². The summed E-state index contributed by atoms with van der Waals surface area (Å²) in [5.41, 5.74) is 3.75. The highest BCUT2D eigenvalue weighted by Gasteiger charge is 2.20. The van der Waals surface area contributed by atoms with Crippen LogP contribution in [0.25, 0.3) is 0 Å². The van der Waals surface area contributed by atoms with E-state index in [1.165, 1.54) is 6.42 Å². The van der Waals surface area contributed by atoms with Gasteiger partial charge < -0.3 is 20.4 Å². The molecule has 2 aromatic rings. The second kappa shape index (κ2) is 11.0. The SMILES string of the molecule is Cc1ccccc1C(=O)Nc1ccc(N2CCCCC2)c(C(=O)NCCCN(C)C)c1. The summed E-state index contributed by atoms with van der Waals surface area (Å²) in [7, 11) is 4.05. The van der Waals surface area contributed by atoms with Crippen LogP contribution in [-0.2, 0) is 0 Å². The fraction of sp³-hybridized carbons (Fsp3) is 0.440. The molecule has 1 heterocycles. The maximum absolute atomic E-state index is 13.1. The first-order valence-corrected chi connectivity index (χ1v) is 11.1. The first kappa shape index (κ1) is 22.8. The predicted molar refractivity (Wildman–Crippen MR) is 127 cm³/mol. The molecule has 1 saturated heterocycles. The van der Waals surface area contributed by atoms with Gasteiger partial charge in [0.05, 0.1) is 5.56 Å². The number of piperidine rings is 1. The van der Waals surface area contributed by atoms with E-state index >= 15 is 0 Å². The van der Waals surface area contributed by atoms with Crippen LogP contribution in [0.3, 0.4) is 0 Å². The predicted octanol–water partition coefficient (Wildman–Crippen LogP) is 3.92. The highest BCUT2D eigenvalue weighted by atomic mass is 16.2. The van der Waals surface area contributed by atoms with Gasteiger partial charge in [0, 0.05) is 36.6 Å². The lowest BCUT2D eigenvalue weighted by Gasteiger charge is -2.30. The highest BCUT2D eigenvalue weighted by molar-refractivity contribution is 6.07. The Hall–Kier alpha value is -2.86. The minimum Gasteiger partial charge on any atom is -0.371 e. The largest absolute Gasteiger partial charge is 0.371 e. The summed E-state index contributed by atoms with van der Waals surface area (Å²) >= 11 is 0. The van der Waals surface area contributed by atoms with Crippen LogP contribution in [0.15, 0.2) is 42.5 Å². The maximum Gasteiger partial charge on any atom is 0.255 e. The van der Waals surface area contributed by atoms with Crippen molar-refractivity contribution in [1.29, 1.82) is 0 Å². The summed E-state index contributed by atoms with van der Waals surface area (Å²) in [6.07, 6.45) is 4.39. The fourth-order valence-corrected chi connectivity index (χ4v) is 3.92. The van der Waals surface area contributed by atoms with Crippen LogP contribution in [-0.4, -0.2) is 57.0 Å². The summed E-state index contributed by atoms with van der Waals surface area (Å²) in [5, 5.41) is 6.01. The van der Waals surface area contributed by atoms with Crippen molar-refractivity contribution < 1.29 is 9.59 Å². The summed E-state index contributed by atoms with van der Waals surface area (Å²) in [5.74, 6) is -0.257. The molecule has 1 aliphatic heterocycles. The van der Waals surface area contributed by atoms with Gasteiger partial charge in [0.15, 0.2) is 0 Å². The van der Waals surface area contributed by atoms with Crippen molar-refractivity contribution in [3.63, 3.8) is 0 Å². The van der Waals surface area contributed by atoms with Gasteiger partial charge in [0.2, 0.25) is 0 Å². The van der Waals surface area contributed by atoms with Gasteiger partial charge in [-0.3, -0.25) is 9.59 Å². The first-order valence-electron chi connectivity index (χ1n) is 11.1. The Bertz CT molecular complexity index is 904. The van der Waals surface area contributed by atoms with Gasteiger partial charge in [0.1, 0.15) is 0 Å². The average molecular weight is 423 g/mol. The number of carbonyl (C=O) groups is 2. The zero-order valence-corrected chi connectivity index (χ0v) is 18.9. The Morgan fingerprint density at radius 3 is 2.42 bits per heavy atom. The minimum atomic E-state index is -0.166. The number of carbonyl (C=O) groups excluding carboxylic acids is 2. The van der Waals surface area contributed by atoms with Crippen molar-refractivity contribution in [3.05, 3.63) is 59.2 Å². The van der Waals surface area contributed by atoms with E-state index in [-0.39, 0.29) is 11.8 Å². The maximum atomic E-state index is 13.1. The van der Waals surface area contributed by atoms with Crippen LogP contribution in [0.5, 0.6) is 0 Å². The van der Waals surface area contributed by atoms with Gasteiger partial charge in [-0.05, 0) is 83.1 Å². The molecule has 166 valence electrons. The van der Waals surface area contributed by atoms with Crippen LogP contribution >= 0.6 is 0 Å². The molecule has 0 saturated carbocycles. The number of nitrogens with one attached hydrogen (secondary N) is 2. The van der Waals surface area contributed by atoms with Crippen molar-refractivity contribution in [2.75, 3.05) is 50.5 Å². The molecular formula is C25H34N4O2. The minimum absolute atomic E-state index is 0.0914. The number of amides is 2. The number of benzene rings is 2. The number of nitrogens with zero attached hydrogens (tertiary/aromatic N) is 2. The van der Waals surface area contributed by atoms with Crippen LogP contribution in [0, 0.1) is 6.92 Å². The van der Waals surface area contributed by atoms with Crippen molar-refractivity contribution in [1.82, 2.24) is 10.2 Å². The molecule has 2 N–H and O–H groups in total. The van der Waals surface area contributed by atoms with Crippen molar-refractivity contribution in [2.24, 2.45) is 0 Å². The van der Waals surface area contributed by atoms with Crippen LogP contribution in [0.2, 0.25) is 0 Å². The quantitative estimate of drug-likeness (QED) is 0.633. The Labute approximate surface area is 185 Å². The number of rotatable bonds is 8. The third kappa shape index (κ3) is 6.31. The molecule has 1 fully saturated rings. The van der Waals surface area contributed by atoms with Gasteiger partial charge in [-0.25, -0.2) is 0 Å². The number of hydrogen-bond donors (Lipinski definition) is 2. The third-order valence-electron chi connectivity index (χ3n) is 5.65. The van der Waals surface area contributed by atoms with E-state index in [0.29, 0.717) is 23.4 Å². The number of hydrogen-bond acceptors (Lipinski definition) is 4. The Morgan fingerprint density at radius 1 is 0.968 bits per heavy atom. The third-order valence-corrected chi connectivity index (χ3v) is 5.65. The van der Waals surface area contributed by atoms with Gasteiger partial charge in [-0.15, -0.1) is 0 Å². The molecule has 3 rings (SSSR count). The van der Waals surface area contributed by atoms with Crippen LogP contribution in [0.1, 0.15) is 52.0 Å². The van der Waals surface area contributed by atoms with Crippen molar-refractivity contribution in [2.45, 2.75) is 32.6 Å². The smallest absolute Gasteiger partial charge is 0.255 e. The first-order chi connectivity index (χ1) is 15.0. The van der Waals surface area contributed by atoms with Crippen molar-refractivity contribution in [3.8, 4) is 0 Å². The van der Waals surface area contributed by atoms with Gasteiger partial charge in [0.25, 0.3) is 11.8 Å². The van der Waals surface area contributed by atoms with Crippen LogP contribution < -0.4 is 15.5 Å². The van der Waals surface area contributed by atoms with E-state index in [4.69, 9.17) is 0 Å². The molecule has 6 nitrogen and oxygen atoms in total. The van der Waals surface area contributed by atoms with Gasteiger partial charge >= 0.3 is 0 Å². The Balaban J connectivity index is 1.79. The van der Waals surface area contributed by atoms with E-state index in [1.54, 1.807) is 6.07 Å². The molecule has 1 aliphatic rings. The second-order valence-corrected chi connectivity index (χ2v) is 8.46. The van der Waals surface area contributed by atoms with E-state index < -0.39 is 0 Å². The Kier molecular flexibility index (Phi) is 8.06. The molecule has 0 aliphatic carbocycles. The molecule has 2 aromatic carbocycles. The zero-order chi connectivity index (χ0) is 22.2. The van der Waals surface area contributed by atoms with E-state index in [1.807, 2.05) is 57.4 Å². The van der Waals surface area contributed by atoms with E-state index in [9.17, 15) is 9.59 Å². The summed E-state index contributed by atoms with van der Waals surface area (Å²) in [4.78, 5) is 30.2. The number of aryl methyl sites for hydroxylation is 1. The van der Waals surface area contributed by atoms with E-state index in [0.717, 1.165) is 50.1 Å². The second-order valence-electron chi connectivity index (χ2n) is 8.46. The number of anilines is 2. The molecule has 6 heteroatoms. The molecule has 0 unspecified atom stereocenters. The summed E-state index contributed by atoms with van der Waals surface area (Å²) in [6.45, 7) is 5.37. The van der Waals surface area contributed by atoms with Crippen LogP contribution in [0.4, 0.5) is 11.4 Å². The lowest BCUT2D eigenvalue weighted by molar-refractivity contribution is 0.0951. The molecule has 0 atom stereocenters.